The van der Waals surface area contributed by atoms with Crippen LogP contribution in [0.2, 0.25) is 5.02 Å². The van der Waals surface area contributed by atoms with Gasteiger partial charge in [-0.15, -0.1) is 0 Å². The van der Waals surface area contributed by atoms with Crippen LogP contribution in [0.15, 0.2) is 48.2 Å². The Labute approximate surface area is 187 Å². The molecule has 7 heteroatoms. The summed E-state index contributed by atoms with van der Waals surface area (Å²) in [6.45, 7) is 5.12. The summed E-state index contributed by atoms with van der Waals surface area (Å²) < 4.78 is 5.76. The van der Waals surface area contributed by atoms with Crippen LogP contribution in [0.4, 0.5) is 5.69 Å². The molecule has 0 spiro atoms. The minimum atomic E-state index is -0.362. The molecule has 1 saturated heterocycles. The summed E-state index contributed by atoms with van der Waals surface area (Å²) in [5.41, 5.74) is 1.77. The van der Waals surface area contributed by atoms with Gasteiger partial charge in [-0.05, 0) is 81.2 Å². The zero-order chi connectivity index (χ0) is 21.8. The Morgan fingerprint density at radius 2 is 1.97 bits per heavy atom. The number of nitrogens with zero attached hydrogens (tertiary/aromatic N) is 1. The second kappa shape index (κ2) is 9.54. The predicted molar refractivity (Wildman–Crippen MR) is 122 cm³/mol. The van der Waals surface area contributed by atoms with E-state index in [4.69, 9.17) is 16.3 Å². The van der Waals surface area contributed by atoms with E-state index in [1.807, 2.05) is 0 Å². The van der Waals surface area contributed by atoms with Crippen LogP contribution in [-0.2, 0) is 4.79 Å². The summed E-state index contributed by atoms with van der Waals surface area (Å²) >= 11 is 5.90. The number of nitrogens with one attached hydrogen (secondary N) is 2. The van der Waals surface area contributed by atoms with Crippen LogP contribution in [0.1, 0.15) is 42.1 Å². The van der Waals surface area contributed by atoms with Crippen molar-refractivity contribution < 1.29 is 14.3 Å². The van der Waals surface area contributed by atoms with E-state index in [1.54, 1.807) is 48.5 Å². The number of hydrogen-bond donors (Lipinski definition) is 2. The summed E-state index contributed by atoms with van der Waals surface area (Å²) in [5.74, 6) is 0.162. The highest BCUT2D eigenvalue weighted by molar-refractivity contribution is 6.30. The fourth-order valence-electron chi connectivity index (χ4n) is 3.87. The number of benzene rings is 2. The minimum Gasteiger partial charge on any atom is -0.449 e. The Kier molecular flexibility index (Phi) is 6.59. The van der Waals surface area contributed by atoms with Gasteiger partial charge in [-0.1, -0.05) is 23.7 Å². The largest absolute Gasteiger partial charge is 0.449 e. The fourth-order valence-corrected chi connectivity index (χ4v) is 4.00. The molecular weight excluding hydrogens is 414 g/mol. The second-order valence-corrected chi connectivity index (χ2v) is 8.40. The second-order valence-electron chi connectivity index (χ2n) is 7.96. The highest BCUT2D eigenvalue weighted by Gasteiger charge is 2.23. The molecule has 0 saturated carbocycles. The molecule has 0 bridgehead atoms. The first-order valence-corrected chi connectivity index (χ1v) is 11.0. The molecule has 0 aliphatic carbocycles. The van der Waals surface area contributed by atoms with Crippen molar-refractivity contribution in [2.75, 3.05) is 25.0 Å². The van der Waals surface area contributed by atoms with Crippen LogP contribution in [-0.4, -0.2) is 42.4 Å². The monoisotopic (exact) mass is 439 g/mol. The first-order valence-electron chi connectivity index (χ1n) is 10.6. The molecule has 2 amide bonds. The van der Waals surface area contributed by atoms with Gasteiger partial charge in [0.2, 0.25) is 0 Å². The van der Waals surface area contributed by atoms with E-state index < -0.39 is 0 Å². The van der Waals surface area contributed by atoms with Crippen molar-refractivity contribution in [1.29, 1.82) is 0 Å². The van der Waals surface area contributed by atoms with Gasteiger partial charge in [0.15, 0.2) is 11.5 Å². The van der Waals surface area contributed by atoms with Gasteiger partial charge in [0.05, 0.1) is 5.69 Å². The third-order valence-corrected chi connectivity index (χ3v) is 5.97. The molecule has 2 aromatic rings. The third-order valence-electron chi connectivity index (χ3n) is 5.71. The van der Waals surface area contributed by atoms with Gasteiger partial charge in [0.1, 0.15) is 0 Å². The Balaban J connectivity index is 1.37. The van der Waals surface area contributed by atoms with E-state index in [2.05, 4.69) is 22.5 Å². The number of hydrogen-bond acceptors (Lipinski definition) is 4. The van der Waals surface area contributed by atoms with Gasteiger partial charge in [0.25, 0.3) is 11.8 Å². The molecule has 31 heavy (non-hydrogen) atoms. The van der Waals surface area contributed by atoms with Crippen LogP contribution in [0, 0.1) is 0 Å². The van der Waals surface area contributed by atoms with Crippen molar-refractivity contribution in [2.24, 2.45) is 0 Å². The van der Waals surface area contributed by atoms with Crippen LogP contribution in [0.5, 0.6) is 5.75 Å². The van der Waals surface area contributed by atoms with E-state index in [0.29, 0.717) is 34.6 Å². The average Bonchev–Trinajstić information content (AvgIpc) is 3.30. The minimum absolute atomic E-state index is 0.159. The van der Waals surface area contributed by atoms with Crippen LogP contribution in [0.3, 0.4) is 0 Å². The van der Waals surface area contributed by atoms with Crippen LogP contribution < -0.4 is 15.4 Å². The topological polar surface area (TPSA) is 70.7 Å². The molecule has 162 valence electrons. The maximum atomic E-state index is 12.5. The Hall–Kier alpha value is -2.83. The SMILES string of the molecule is CC(CCNC(=O)c1ccc2c(c1)NC(=O)C(=Cc1ccc(Cl)cc1)O2)N1CCCC1. The van der Waals surface area contributed by atoms with Crippen molar-refractivity contribution >= 4 is 35.2 Å². The summed E-state index contributed by atoms with van der Waals surface area (Å²) in [6.07, 6.45) is 5.08. The zero-order valence-corrected chi connectivity index (χ0v) is 18.2. The molecule has 0 aromatic heterocycles. The summed E-state index contributed by atoms with van der Waals surface area (Å²) in [4.78, 5) is 27.5. The molecule has 2 aliphatic rings. The van der Waals surface area contributed by atoms with E-state index >= 15 is 0 Å². The molecule has 1 fully saturated rings. The lowest BCUT2D eigenvalue weighted by Crippen LogP contribution is -2.34. The van der Waals surface area contributed by atoms with Gasteiger partial charge >= 0.3 is 0 Å². The Morgan fingerprint density at radius 3 is 2.71 bits per heavy atom. The highest BCUT2D eigenvalue weighted by atomic mass is 35.5. The molecular formula is C24H26ClN3O3. The number of carbonyl (C=O) groups excluding carboxylic acids is 2. The number of ether oxygens (including phenoxy) is 1. The van der Waals surface area contributed by atoms with Crippen molar-refractivity contribution in [2.45, 2.75) is 32.2 Å². The maximum absolute atomic E-state index is 12.5. The van der Waals surface area contributed by atoms with Crippen LogP contribution in [0.25, 0.3) is 6.08 Å². The number of anilines is 1. The number of likely N-dealkylation sites (tertiary alicyclic amines) is 1. The average molecular weight is 440 g/mol. The lowest BCUT2D eigenvalue weighted by molar-refractivity contribution is -0.115. The maximum Gasteiger partial charge on any atom is 0.291 e. The lowest BCUT2D eigenvalue weighted by atomic mass is 10.1. The standard InChI is InChI=1S/C24H26ClN3O3/c1-16(28-12-2-3-13-28)10-11-26-23(29)18-6-9-21-20(15-18)27-24(30)22(31-21)14-17-4-7-19(25)8-5-17/h4-9,14-16H,2-3,10-13H2,1H3,(H,26,29)(H,27,30). The normalized spacial score (nSPS) is 18.3. The molecule has 6 nitrogen and oxygen atoms in total. The van der Waals surface area contributed by atoms with E-state index in [9.17, 15) is 9.59 Å². The van der Waals surface area contributed by atoms with Crippen molar-refractivity contribution in [3.05, 3.63) is 64.4 Å². The molecule has 2 aliphatic heterocycles. The summed E-state index contributed by atoms with van der Waals surface area (Å²) in [5, 5.41) is 6.40. The molecule has 4 rings (SSSR count). The van der Waals surface area contributed by atoms with Gasteiger partial charge < -0.3 is 20.3 Å². The number of carbonyl (C=O) groups is 2. The van der Waals surface area contributed by atoms with Gasteiger partial charge in [0, 0.05) is 23.2 Å². The highest BCUT2D eigenvalue weighted by Crippen LogP contribution is 2.32. The summed E-state index contributed by atoms with van der Waals surface area (Å²) in [6, 6.07) is 12.6. The number of halogens is 1. The quantitative estimate of drug-likeness (QED) is 0.658. The molecule has 1 atom stereocenters. The summed E-state index contributed by atoms with van der Waals surface area (Å²) in [7, 11) is 0. The zero-order valence-electron chi connectivity index (χ0n) is 17.5. The lowest BCUT2D eigenvalue weighted by Gasteiger charge is -2.23. The molecule has 2 N–H and O–H groups in total. The molecule has 0 radical (unpaired) electrons. The van der Waals surface area contributed by atoms with E-state index in [0.717, 1.165) is 25.1 Å². The number of amides is 2. The number of fused-ring (bicyclic) bond motifs is 1. The van der Waals surface area contributed by atoms with Crippen LogP contribution >= 0.6 is 11.6 Å². The van der Waals surface area contributed by atoms with Crippen molar-refractivity contribution in [3.8, 4) is 5.75 Å². The van der Waals surface area contributed by atoms with Gasteiger partial charge in [-0.2, -0.15) is 0 Å². The van der Waals surface area contributed by atoms with Gasteiger partial charge in [-0.25, -0.2) is 0 Å². The van der Waals surface area contributed by atoms with E-state index in [-0.39, 0.29) is 17.6 Å². The predicted octanol–water partition coefficient (Wildman–Crippen LogP) is 4.32. The first kappa shape index (κ1) is 21.4. The molecule has 2 heterocycles. The molecule has 2 aromatic carbocycles. The fraction of sp³-hybridized carbons (Fsp3) is 0.333. The Morgan fingerprint density at radius 1 is 1.23 bits per heavy atom. The van der Waals surface area contributed by atoms with Gasteiger partial charge in [-0.3, -0.25) is 9.59 Å². The number of rotatable bonds is 6. The van der Waals surface area contributed by atoms with Crippen molar-refractivity contribution in [3.63, 3.8) is 0 Å². The molecule has 1 unspecified atom stereocenters. The van der Waals surface area contributed by atoms with E-state index in [1.165, 1.54) is 12.8 Å². The Bertz CT molecular complexity index is 998. The smallest absolute Gasteiger partial charge is 0.291 e. The van der Waals surface area contributed by atoms with Crippen molar-refractivity contribution in [1.82, 2.24) is 10.2 Å². The third kappa shape index (κ3) is 5.27. The first-order chi connectivity index (χ1) is 15.0.